The maximum Gasteiger partial charge on any atom is 0.236 e. The van der Waals surface area contributed by atoms with E-state index in [9.17, 15) is 17.6 Å². The predicted octanol–water partition coefficient (Wildman–Crippen LogP) is 2.67. The number of anilines is 1. The van der Waals surface area contributed by atoms with Crippen LogP contribution in [0.2, 0.25) is 0 Å². The molecule has 0 fully saturated rings. The van der Waals surface area contributed by atoms with Crippen LogP contribution in [0.4, 0.5) is 10.1 Å². The third kappa shape index (κ3) is 4.36. The lowest BCUT2D eigenvalue weighted by Gasteiger charge is -2.28. The smallest absolute Gasteiger partial charge is 0.236 e. The summed E-state index contributed by atoms with van der Waals surface area (Å²) in [6.07, 6.45) is 0.755. The fraction of sp³-hybridized carbons (Fsp3) is 0.278. The lowest BCUT2D eigenvalue weighted by Crippen LogP contribution is -2.34. The number of hydrogen-bond acceptors (Lipinski definition) is 3. The SMILES string of the molecule is CC(=O)N1CCc2ccc(NS(=O)(=O)Cc3cccc(F)c3)cc2C1. The highest BCUT2D eigenvalue weighted by Crippen LogP contribution is 2.24. The van der Waals surface area contributed by atoms with Crippen LogP contribution in [0.5, 0.6) is 0 Å². The van der Waals surface area contributed by atoms with Crippen LogP contribution in [-0.2, 0) is 33.5 Å². The van der Waals surface area contributed by atoms with E-state index in [1.807, 2.05) is 6.07 Å². The number of amides is 1. The van der Waals surface area contributed by atoms with Crippen LogP contribution in [0.3, 0.4) is 0 Å². The molecule has 132 valence electrons. The molecule has 5 nitrogen and oxygen atoms in total. The Morgan fingerprint density at radius 2 is 2.00 bits per heavy atom. The molecule has 1 amide bonds. The van der Waals surface area contributed by atoms with Crippen molar-refractivity contribution in [1.29, 1.82) is 0 Å². The van der Waals surface area contributed by atoms with Crippen LogP contribution in [0.1, 0.15) is 23.6 Å². The van der Waals surface area contributed by atoms with Crippen molar-refractivity contribution in [1.82, 2.24) is 4.90 Å². The van der Waals surface area contributed by atoms with E-state index in [1.54, 1.807) is 23.1 Å². The molecule has 1 heterocycles. The highest BCUT2D eigenvalue weighted by atomic mass is 32.2. The minimum atomic E-state index is -3.66. The number of carbonyl (C=O) groups excluding carboxylic acids is 1. The van der Waals surface area contributed by atoms with Crippen molar-refractivity contribution in [3.8, 4) is 0 Å². The van der Waals surface area contributed by atoms with Gasteiger partial charge >= 0.3 is 0 Å². The van der Waals surface area contributed by atoms with Gasteiger partial charge in [-0.05, 0) is 47.4 Å². The molecule has 0 radical (unpaired) electrons. The topological polar surface area (TPSA) is 66.5 Å². The van der Waals surface area contributed by atoms with E-state index in [2.05, 4.69) is 4.72 Å². The fourth-order valence-electron chi connectivity index (χ4n) is 2.95. The number of halogens is 1. The third-order valence-corrected chi connectivity index (χ3v) is 5.44. The Morgan fingerprint density at radius 3 is 2.72 bits per heavy atom. The van der Waals surface area contributed by atoms with Gasteiger partial charge in [0, 0.05) is 25.7 Å². The Kier molecular flexibility index (Phi) is 4.76. The van der Waals surface area contributed by atoms with E-state index >= 15 is 0 Å². The summed E-state index contributed by atoms with van der Waals surface area (Å²) in [6.45, 7) is 2.67. The minimum Gasteiger partial charge on any atom is -0.338 e. The summed E-state index contributed by atoms with van der Waals surface area (Å²) < 4.78 is 40.4. The van der Waals surface area contributed by atoms with Crippen LogP contribution in [0.25, 0.3) is 0 Å². The Bertz CT molecular complexity index is 912. The highest BCUT2D eigenvalue weighted by Gasteiger charge is 2.19. The second kappa shape index (κ2) is 6.84. The number of fused-ring (bicyclic) bond motifs is 1. The molecule has 7 heteroatoms. The Labute approximate surface area is 146 Å². The molecule has 0 spiro atoms. The first-order chi connectivity index (χ1) is 11.8. The quantitative estimate of drug-likeness (QED) is 0.909. The molecule has 1 aliphatic rings. The zero-order chi connectivity index (χ0) is 18.0. The molecular weight excluding hydrogens is 343 g/mol. The number of nitrogens with one attached hydrogen (secondary N) is 1. The summed E-state index contributed by atoms with van der Waals surface area (Å²) in [6, 6.07) is 10.9. The summed E-state index contributed by atoms with van der Waals surface area (Å²) in [5.41, 5.74) is 2.88. The normalized spacial score (nSPS) is 14.1. The molecule has 2 aromatic carbocycles. The van der Waals surface area contributed by atoms with Crippen LogP contribution in [0.15, 0.2) is 42.5 Å². The van der Waals surface area contributed by atoms with Crippen LogP contribution >= 0.6 is 0 Å². The molecule has 1 aliphatic heterocycles. The monoisotopic (exact) mass is 362 g/mol. The molecule has 0 aliphatic carbocycles. The lowest BCUT2D eigenvalue weighted by molar-refractivity contribution is -0.129. The molecule has 0 unspecified atom stereocenters. The van der Waals surface area contributed by atoms with Crippen LogP contribution in [-0.4, -0.2) is 25.8 Å². The van der Waals surface area contributed by atoms with Gasteiger partial charge in [-0.15, -0.1) is 0 Å². The Morgan fingerprint density at radius 1 is 1.20 bits per heavy atom. The molecule has 0 bridgehead atoms. The van der Waals surface area contributed by atoms with E-state index in [0.29, 0.717) is 24.3 Å². The van der Waals surface area contributed by atoms with Gasteiger partial charge in [0.1, 0.15) is 5.82 Å². The van der Waals surface area contributed by atoms with Crippen molar-refractivity contribution in [3.63, 3.8) is 0 Å². The number of sulfonamides is 1. The maximum atomic E-state index is 13.2. The number of carbonyl (C=O) groups is 1. The van der Waals surface area contributed by atoms with Crippen LogP contribution in [0, 0.1) is 5.82 Å². The lowest BCUT2D eigenvalue weighted by atomic mass is 9.99. The summed E-state index contributed by atoms with van der Waals surface area (Å²) in [4.78, 5) is 13.3. The van der Waals surface area contributed by atoms with Crippen LogP contribution < -0.4 is 4.72 Å². The van der Waals surface area contributed by atoms with Gasteiger partial charge in [-0.1, -0.05) is 18.2 Å². The standard InChI is InChI=1S/C18H19FN2O3S/c1-13(22)21-8-7-15-5-6-18(10-16(15)11-21)20-25(23,24)12-14-3-2-4-17(19)9-14/h2-6,9-10,20H,7-8,11-12H2,1H3. The second-order valence-corrected chi connectivity index (χ2v) is 7.89. The maximum absolute atomic E-state index is 13.2. The predicted molar refractivity (Wildman–Crippen MR) is 93.9 cm³/mol. The summed E-state index contributed by atoms with van der Waals surface area (Å²) in [7, 11) is -3.66. The molecule has 0 atom stereocenters. The Balaban J connectivity index is 1.76. The van der Waals surface area contributed by atoms with Crippen molar-refractivity contribution >= 4 is 21.6 Å². The number of hydrogen-bond donors (Lipinski definition) is 1. The Hall–Kier alpha value is -2.41. The molecule has 0 aromatic heterocycles. The van der Waals surface area contributed by atoms with Crippen molar-refractivity contribution < 1.29 is 17.6 Å². The van der Waals surface area contributed by atoms with E-state index in [1.165, 1.54) is 25.1 Å². The van der Waals surface area contributed by atoms with Gasteiger partial charge in [0.05, 0.1) is 5.75 Å². The van der Waals surface area contributed by atoms with Crippen molar-refractivity contribution in [2.45, 2.75) is 25.6 Å². The highest BCUT2D eigenvalue weighted by molar-refractivity contribution is 7.91. The largest absolute Gasteiger partial charge is 0.338 e. The van der Waals surface area contributed by atoms with Gasteiger partial charge in [0.15, 0.2) is 0 Å². The first kappa shape index (κ1) is 17.4. The summed E-state index contributed by atoms with van der Waals surface area (Å²) in [5, 5.41) is 0. The molecule has 0 saturated heterocycles. The first-order valence-corrected chi connectivity index (χ1v) is 9.60. The van der Waals surface area contributed by atoms with Gasteiger partial charge in [-0.25, -0.2) is 12.8 Å². The van der Waals surface area contributed by atoms with E-state index in [4.69, 9.17) is 0 Å². The van der Waals surface area contributed by atoms with Gasteiger partial charge in [-0.3, -0.25) is 9.52 Å². The average molecular weight is 362 g/mol. The molecule has 1 N–H and O–H groups in total. The number of rotatable bonds is 4. The van der Waals surface area contributed by atoms with E-state index in [0.717, 1.165) is 17.5 Å². The van der Waals surface area contributed by atoms with E-state index < -0.39 is 15.8 Å². The second-order valence-electron chi connectivity index (χ2n) is 6.17. The third-order valence-electron chi connectivity index (χ3n) is 4.18. The molecule has 2 aromatic rings. The van der Waals surface area contributed by atoms with Gasteiger partial charge < -0.3 is 4.90 Å². The average Bonchev–Trinajstić information content (AvgIpc) is 2.53. The molecule has 3 rings (SSSR count). The van der Waals surface area contributed by atoms with Gasteiger partial charge in [0.25, 0.3) is 0 Å². The minimum absolute atomic E-state index is 0.00254. The van der Waals surface area contributed by atoms with Crippen molar-refractivity contribution in [2.24, 2.45) is 0 Å². The zero-order valence-electron chi connectivity index (χ0n) is 13.8. The first-order valence-electron chi connectivity index (χ1n) is 7.95. The molecular formula is C18H19FN2O3S. The molecule has 25 heavy (non-hydrogen) atoms. The van der Waals surface area contributed by atoms with Gasteiger partial charge in [0.2, 0.25) is 15.9 Å². The van der Waals surface area contributed by atoms with Crippen molar-refractivity contribution in [3.05, 3.63) is 65.0 Å². The van der Waals surface area contributed by atoms with E-state index in [-0.39, 0.29) is 11.7 Å². The summed E-state index contributed by atoms with van der Waals surface area (Å²) in [5.74, 6) is -0.768. The van der Waals surface area contributed by atoms with Gasteiger partial charge in [-0.2, -0.15) is 0 Å². The number of benzene rings is 2. The van der Waals surface area contributed by atoms with Crippen molar-refractivity contribution in [2.75, 3.05) is 11.3 Å². The fourth-order valence-corrected chi connectivity index (χ4v) is 4.13. The summed E-state index contributed by atoms with van der Waals surface area (Å²) >= 11 is 0. The zero-order valence-corrected chi connectivity index (χ0v) is 14.6. The molecule has 0 saturated carbocycles. The number of nitrogens with zero attached hydrogens (tertiary/aromatic N) is 1.